The number of carbonyl (C=O) groups excluding carboxylic acids is 6. The van der Waals surface area contributed by atoms with Crippen LogP contribution in [0, 0.1) is 11.3 Å². The van der Waals surface area contributed by atoms with Gasteiger partial charge in [-0.3, -0.25) is 24.1 Å². The van der Waals surface area contributed by atoms with Gasteiger partial charge in [0.2, 0.25) is 23.6 Å². The van der Waals surface area contributed by atoms with Crippen LogP contribution in [-0.2, 0) is 46.5 Å². The van der Waals surface area contributed by atoms with E-state index in [1.807, 2.05) is 30.3 Å². The van der Waals surface area contributed by atoms with E-state index < -0.39 is 84.3 Å². The van der Waals surface area contributed by atoms with Crippen molar-refractivity contribution < 1.29 is 43.3 Å². The number of methoxy groups -OCH3 is 1. The van der Waals surface area contributed by atoms with Gasteiger partial charge in [-0.15, -0.1) is 0 Å². The quantitative estimate of drug-likeness (QED) is 0.122. The Labute approximate surface area is 306 Å². The van der Waals surface area contributed by atoms with E-state index in [-0.39, 0.29) is 13.0 Å². The molecule has 2 aromatic carbocycles. The fourth-order valence-electron chi connectivity index (χ4n) is 5.47. The topological polar surface area (TPSA) is 212 Å². The maximum absolute atomic E-state index is 14.1. The van der Waals surface area contributed by atoms with Crippen molar-refractivity contribution in [2.24, 2.45) is 22.8 Å². The van der Waals surface area contributed by atoms with Crippen LogP contribution < -0.4 is 16.8 Å². The predicted octanol–water partition coefficient (Wildman–Crippen LogP) is 2.69. The molecular weight excluding hydrogens is 670 g/mol. The largest absolute Gasteiger partial charge is 0.467 e. The highest BCUT2D eigenvalue weighted by molar-refractivity contribution is 6.02. The van der Waals surface area contributed by atoms with E-state index in [1.54, 1.807) is 44.2 Å². The van der Waals surface area contributed by atoms with Crippen LogP contribution in [0.4, 0.5) is 4.79 Å². The number of rotatable bonds is 19. The van der Waals surface area contributed by atoms with Crippen LogP contribution in [-0.4, -0.2) is 95.0 Å². The van der Waals surface area contributed by atoms with Gasteiger partial charge in [0.15, 0.2) is 0 Å². The van der Waals surface area contributed by atoms with Gasteiger partial charge in [-0.2, -0.15) is 0 Å². The summed E-state index contributed by atoms with van der Waals surface area (Å²) in [6.07, 6.45) is 1.65. The van der Waals surface area contributed by atoms with Crippen molar-refractivity contribution in [2.75, 3.05) is 20.3 Å². The lowest BCUT2D eigenvalue weighted by molar-refractivity contribution is -0.163. The maximum Gasteiger partial charge on any atom is 0.417 e. The molecule has 0 spiro atoms. The first kappa shape index (κ1) is 43.5. The molecule has 286 valence electrons. The number of carbonyl (C=O) groups is 6. The molecule has 5 amide bonds. The monoisotopic (exact) mass is 725 g/mol. The molecule has 2 aromatic rings. The number of imide groups is 2. The van der Waals surface area contributed by atoms with E-state index in [1.165, 1.54) is 26.3 Å². The Morgan fingerprint density at radius 1 is 0.827 bits per heavy atom. The van der Waals surface area contributed by atoms with E-state index in [9.17, 15) is 33.9 Å². The number of aryl methyl sites for hydroxylation is 1. The highest BCUT2D eigenvalue weighted by Gasteiger charge is 2.45. The number of unbranched alkanes of at least 4 members (excludes halogenated alkanes) is 2. The van der Waals surface area contributed by atoms with Crippen molar-refractivity contribution in [2.45, 2.75) is 97.5 Å². The molecule has 6 N–H and O–H groups in total. The van der Waals surface area contributed by atoms with E-state index in [4.69, 9.17) is 20.9 Å². The Balaban J connectivity index is 2.22. The molecule has 0 aliphatic heterocycles. The number of ether oxygens (including phenoxy) is 2. The van der Waals surface area contributed by atoms with E-state index in [0.717, 1.165) is 24.9 Å². The van der Waals surface area contributed by atoms with Gasteiger partial charge in [0.05, 0.1) is 25.8 Å². The van der Waals surface area contributed by atoms with Crippen LogP contribution >= 0.6 is 0 Å². The summed E-state index contributed by atoms with van der Waals surface area (Å²) in [5.41, 5.74) is 12.5. The van der Waals surface area contributed by atoms with Crippen LogP contribution in [0.5, 0.6) is 0 Å². The molecular formula is C38H55N5O9. The van der Waals surface area contributed by atoms with Crippen LogP contribution in [0.2, 0.25) is 0 Å². The lowest BCUT2D eigenvalue weighted by Gasteiger charge is -2.38. The first-order chi connectivity index (χ1) is 24.6. The molecule has 0 fully saturated rings. The van der Waals surface area contributed by atoms with Crippen molar-refractivity contribution >= 4 is 35.7 Å². The summed E-state index contributed by atoms with van der Waals surface area (Å²) in [7, 11) is 1.15. The molecule has 0 bridgehead atoms. The fourth-order valence-corrected chi connectivity index (χ4v) is 5.47. The lowest BCUT2D eigenvalue weighted by Crippen LogP contribution is -2.63. The zero-order valence-corrected chi connectivity index (χ0v) is 31.1. The lowest BCUT2D eigenvalue weighted by atomic mass is 9.81. The fraction of sp³-hybridized carbons (Fsp3) is 0.526. The molecule has 2 rings (SSSR count). The molecule has 0 aliphatic carbocycles. The van der Waals surface area contributed by atoms with E-state index >= 15 is 0 Å². The summed E-state index contributed by atoms with van der Waals surface area (Å²) < 4.78 is 10.3. The Hall–Kier alpha value is -4.66. The second-order valence-corrected chi connectivity index (χ2v) is 13.6. The number of esters is 1. The zero-order valence-electron chi connectivity index (χ0n) is 31.1. The van der Waals surface area contributed by atoms with Gasteiger partial charge in [0, 0.05) is 18.4 Å². The summed E-state index contributed by atoms with van der Waals surface area (Å²) in [5.74, 6) is -4.60. The first-order valence-electron chi connectivity index (χ1n) is 17.5. The molecule has 52 heavy (non-hydrogen) atoms. The summed E-state index contributed by atoms with van der Waals surface area (Å²) >= 11 is 0. The minimum atomic E-state index is -1.58. The second kappa shape index (κ2) is 21.0. The van der Waals surface area contributed by atoms with Gasteiger partial charge < -0.3 is 31.4 Å². The smallest absolute Gasteiger partial charge is 0.417 e. The summed E-state index contributed by atoms with van der Waals surface area (Å²) in [4.78, 5) is 81.5. The molecule has 0 radical (unpaired) electrons. The number of benzene rings is 2. The van der Waals surface area contributed by atoms with Crippen LogP contribution in [0.3, 0.4) is 0 Å². The van der Waals surface area contributed by atoms with Crippen LogP contribution in [0.15, 0.2) is 60.7 Å². The third kappa shape index (κ3) is 12.2. The highest BCUT2D eigenvalue weighted by atomic mass is 16.6. The molecule has 0 saturated carbocycles. The van der Waals surface area contributed by atoms with Gasteiger partial charge in [-0.05, 0) is 50.2 Å². The average molecular weight is 726 g/mol. The molecule has 0 aliphatic rings. The minimum Gasteiger partial charge on any atom is -0.467 e. The minimum absolute atomic E-state index is 0.0403. The Bertz CT molecular complexity index is 1490. The van der Waals surface area contributed by atoms with Crippen molar-refractivity contribution in [3.8, 4) is 0 Å². The third-order valence-corrected chi connectivity index (χ3v) is 8.90. The van der Waals surface area contributed by atoms with E-state index in [0.29, 0.717) is 23.3 Å². The summed E-state index contributed by atoms with van der Waals surface area (Å²) in [6.45, 7) is 6.10. The SMILES string of the molecule is COC(=O)C(C(C)C)N(C(=O)CCCCCc1ccccc1)C(=O)C(N)[C@](C)(CO)CNC(=O)[C@H](C)N(C(=O)OCc1ccccc1)C(=O)[C@H](C)N. The van der Waals surface area contributed by atoms with Gasteiger partial charge >= 0.3 is 12.1 Å². The number of nitrogens with one attached hydrogen (secondary N) is 1. The zero-order chi connectivity index (χ0) is 39.0. The number of nitrogens with zero attached hydrogens (tertiary/aromatic N) is 2. The number of nitrogens with two attached hydrogens (primary N) is 2. The molecule has 0 saturated heterocycles. The van der Waals surface area contributed by atoms with Crippen molar-refractivity contribution in [1.82, 2.24) is 15.1 Å². The normalized spacial score (nSPS) is 14.6. The predicted molar refractivity (Wildman–Crippen MR) is 194 cm³/mol. The van der Waals surface area contributed by atoms with Crippen molar-refractivity contribution in [1.29, 1.82) is 0 Å². The van der Waals surface area contributed by atoms with Gasteiger partial charge in [-0.25, -0.2) is 14.5 Å². The summed E-state index contributed by atoms with van der Waals surface area (Å²) in [5, 5.41) is 13.0. The molecule has 5 atom stereocenters. The second-order valence-electron chi connectivity index (χ2n) is 13.6. The van der Waals surface area contributed by atoms with Crippen molar-refractivity contribution in [3.05, 3.63) is 71.8 Å². The van der Waals surface area contributed by atoms with Gasteiger partial charge in [0.25, 0.3) is 0 Å². The maximum atomic E-state index is 14.1. The number of hydrogen-bond acceptors (Lipinski definition) is 11. The first-order valence-corrected chi connectivity index (χ1v) is 17.5. The van der Waals surface area contributed by atoms with Crippen molar-refractivity contribution in [3.63, 3.8) is 0 Å². The molecule has 0 heterocycles. The van der Waals surface area contributed by atoms with E-state index in [2.05, 4.69) is 5.32 Å². The third-order valence-electron chi connectivity index (χ3n) is 8.90. The number of aliphatic hydroxyl groups is 1. The number of amides is 5. The molecule has 0 aromatic heterocycles. The Morgan fingerprint density at radius 3 is 1.92 bits per heavy atom. The van der Waals surface area contributed by atoms with Gasteiger partial charge in [0.1, 0.15) is 18.7 Å². The standard InChI is InChI=1S/C38H55N5O9/c1-25(2)31(36(49)51-6)43(30(45)21-15-9-12-18-28-16-10-7-11-17-28)35(48)32(40)38(5,24-44)23-41-33(46)27(4)42(34(47)26(3)39)37(50)52-22-29-19-13-8-14-20-29/h7-8,10-11,13-14,16-17,19-20,25-27,31-32,44H,9,12,15,18,21-24,39-40H2,1-6H3,(H,41,46)/t26-,27-,31?,32?,38-/m0/s1. The van der Waals surface area contributed by atoms with Crippen LogP contribution in [0.25, 0.3) is 0 Å². The van der Waals surface area contributed by atoms with Crippen LogP contribution in [0.1, 0.15) is 71.4 Å². The molecule has 14 heteroatoms. The highest BCUT2D eigenvalue weighted by Crippen LogP contribution is 2.25. The Morgan fingerprint density at radius 2 is 1.40 bits per heavy atom. The van der Waals surface area contributed by atoms with Gasteiger partial charge in [-0.1, -0.05) is 87.9 Å². The number of aliphatic hydroxyl groups excluding tert-OH is 1. The molecule has 14 nitrogen and oxygen atoms in total. The average Bonchev–Trinajstić information content (AvgIpc) is 3.14. The summed E-state index contributed by atoms with van der Waals surface area (Å²) in [6, 6.07) is 13.2. The molecule has 2 unspecified atom stereocenters. The number of hydrogen-bond donors (Lipinski definition) is 4. The Kier molecular flexibility index (Phi) is 17.6.